The number of hydrogen-bond donors (Lipinski definition) is 2. The van der Waals surface area contributed by atoms with Crippen LogP contribution in [0.3, 0.4) is 0 Å². The molecular weight excluding hydrogens is 406 g/mol. The summed E-state index contributed by atoms with van der Waals surface area (Å²) in [5.74, 6) is -1.42. The lowest BCUT2D eigenvalue weighted by molar-refractivity contribution is -0.134. The summed E-state index contributed by atoms with van der Waals surface area (Å²) >= 11 is 3.90. The summed E-state index contributed by atoms with van der Waals surface area (Å²) in [5.41, 5.74) is 7.64. The van der Waals surface area contributed by atoms with E-state index in [4.69, 9.17) is 10.2 Å². The molecule has 2 aliphatic rings. The zero-order valence-corrected chi connectivity index (χ0v) is 17.8. The van der Waals surface area contributed by atoms with Gasteiger partial charge in [-0.3, -0.25) is 0 Å². The summed E-state index contributed by atoms with van der Waals surface area (Å²) in [7, 11) is 2.23. The van der Waals surface area contributed by atoms with Crippen LogP contribution in [0.4, 0.5) is 0 Å². The lowest BCUT2D eigenvalue weighted by Gasteiger charge is -2.27. The molecule has 1 aromatic heterocycles. The maximum absolute atomic E-state index is 9.55. The van der Waals surface area contributed by atoms with E-state index in [0.717, 1.165) is 5.75 Å². The van der Waals surface area contributed by atoms with Crippen LogP contribution in [0.5, 0.6) is 0 Å². The standard InChI is InChI=1S/C18H19NS2.C4H4O4/c1-19-9-6-13(7-10-19)17-15-5-3-2-4-14(15)12-21-18-16(17)8-11-20-18;5-3(6)1-2-4(7)8/h2-5,8,11H,6-7,9-10,12H2,1H3;1-2H,(H,5,6)(H,7,8)/b;2-1+. The van der Waals surface area contributed by atoms with E-state index in [2.05, 4.69) is 47.7 Å². The van der Waals surface area contributed by atoms with Gasteiger partial charge in [0.2, 0.25) is 0 Å². The number of likely N-dealkylation sites (tertiary alicyclic amines) is 1. The Bertz CT molecular complexity index is 935. The minimum atomic E-state index is -1.26. The lowest BCUT2D eigenvalue weighted by Crippen LogP contribution is -2.27. The molecule has 5 nitrogen and oxygen atoms in total. The maximum Gasteiger partial charge on any atom is 0.328 e. The second kappa shape index (κ2) is 9.91. The van der Waals surface area contributed by atoms with Crippen molar-refractivity contribution in [1.82, 2.24) is 4.90 Å². The van der Waals surface area contributed by atoms with Crippen molar-refractivity contribution in [2.45, 2.75) is 22.8 Å². The van der Waals surface area contributed by atoms with Crippen molar-refractivity contribution in [2.75, 3.05) is 20.1 Å². The van der Waals surface area contributed by atoms with Gasteiger partial charge >= 0.3 is 11.9 Å². The number of carboxylic acid groups (broad SMARTS) is 2. The Morgan fingerprint density at radius 3 is 2.31 bits per heavy atom. The number of carboxylic acids is 2. The molecule has 2 aliphatic heterocycles. The lowest BCUT2D eigenvalue weighted by atomic mass is 9.88. The van der Waals surface area contributed by atoms with Gasteiger partial charge in [0.05, 0.1) is 4.21 Å². The van der Waals surface area contributed by atoms with E-state index in [9.17, 15) is 9.59 Å². The average Bonchev–Trinajstić information content (AvgIpc) is 3.10. The molecule has 3 heterocycles. The summed E-state index contributed by atoms with van der Waals surface area (Å²) in [6, 6.07) is 11.3. The molecule has 0 unspecified atom stereocenters. The summed E-state index contributed by atoms with van der Waals surface area (Å²) < 4.78 is 1.49. The molecule has 0 saturated carbocycles. The predicted molar refractivity (Wildman–Crippen MR) is 117 cm³/mol. The van der Waals surface area contributed by atoms with Crippen molar-refractivity contribution in [3.63, 3.8) is 0 Å². The first kappa shape index (κ1) is 21.4. The molecule has 0 atom stereocenters. The Morgan fingerprint density at radius 1 is 1.00 bits per heavy atom. The van der Waals surface area contributed by atoms with Gasteiger partial charge in [-0.1, -0.05) is 29.8 Å². The number of piperidine rings is 1. The molecule has 152 valence electrons. The summed E-state index contributed by atoms with van der Waals surface area (Å²) in [5, 5.41) is 17.9. The number of nitrogens with zero attached hydrogens (tertiary/aromatic N) is 1. The van der Waals surface area contributed by atoms with Crippen LogP contribution >= 0.6 is 23.1 Å². The Morgan fingerprint density at radius 2 is 1.66 bits per heavy atom. The fourth-order valence-electron chi connectivity index (χ4n) is 3.43. The zero-order valence-electron chi connectivity index (χ0n) is 16.1. The predicted octanol–water partition coefficient (Wildman–Crippen LogP) is 4.59. The van der Waals surface area contributed by atoms with Crippen molar-refractivity contribution in [3.8, 4) is 0 Å². The quantitative estimate of drug-likeness (QED) is 0.680. The van der Waals surface area contributed by atoms with Crippen LogP contribution in [0.15, 0.2) is 57.6 Å². The highest BCUT2D eigenvalue weighted by Gasteiger charge is 2.23. The van der Waals surface area contributed by atoms with Gasteiger partial charge in [0.25, 0.3) is 0 Å². The number of thioether (sulfide) groups is 1. The molecule has 1 saturated heterocycles. The van der Waals surface area contributed by atoms with Gasteiger partial charge in [-0.05, 0) is 48.0 Å². The number of benzene rings is 1. The third-order valence-electron chi connectivity index (χ3n) is 4.86. The molecule has 0 bridgehead atoms. The molecule has 0 amide bonds. The van der Waals surface area contributed by atoms with E-state index in [-0.39, 0.29) is 0 Å². The average molecular weight is 430 g/mol. The molecule has 4 rings (SSSR count). The van der Waals surface area contributed by atoms with Crippen molar-refractivity contribution < 1.29 is 19.8 Å². The third kappa shape index (κ3) is 5.59. The van der Waals surface area contributed by atoms with Crippen LogP contribution in [0, 0.1) is 0 Å². The monoisotopic (exact) mass is 429 g/mol. The highest BCUT2D eigenvalue weighted by atomic mass is 32.2. The van der Waals surface area contributed by atoms with Crippen LogP contribution in [-0.4, -0.2) is 47.2 Å². The molecule has 1 aromatic carbocycles. The number of rotatable bonds is 2. The highest BCUT2D eigenvalue weighted by Crippen LogP contribution is 2.45. The molecular formula is C22H23NO4S2. The fraction of sp³-hybridized carbons (Fsp3) is 0.273. The Kier molecular flexibility index (Phi) is 7.30. The smallest absolute Gasteiger partial charge is 0.328 e. The number of thiophene rings is 1. The number of carbonyl (C=O) groups is 2. The highest BCUT2D eigenvalue weighted by molar-refractivity contribution is 8.00. The van der Waals surface area contributed by atoms with E-state index in [1.165, 1.54) is 46.8 Å². The van der Waals surface area contributed by atoms with E-state index in [1.807, 2.05) is 23.1 Å². The van der Waals surface area contributed by atoms with Crippen molar-refractivity contribution >= 4 is 40.6 Å². The van der Waals surface area contributed by atoms with Crippen LogP contribution in [0.1, 0.15) is 29.5 Å². The minimum absolute atomic E-state index is 0.558. The second-order valence-corrected chi connectivity index (χ2v) is 9.02. The Balaban J connectivity index is 0.000000258. The first-order valence-electron chi connectivity index (χ1n) is 9.29. The normalized spacial score (nSPS) is 16.4. The molecule has 2 N–H and O–H groups in total. The molecule has 0 spiro atoms. The van der Waals surface area contributed by atoms with Gasteiger partial charge in [-0.2, -0.15) is 0 Å². The van der Waals surface area contributed by atoms with Gasteiger partial charge in [0.15, 0.2) is 0 Å². The molecule has 0 radical (unpaired) electrons. The SMILES string of the molecule is CN1CCC(=C2c3ccccc3CSc3sccc32)CC1.O=C(O)/C=C/C(=O)O. The topological polar surface area (TPSA) is 77.8 Å². The fourth-order valence-corrected chi connectivity index (χ4v) is 5.54. The molecule has 7 heteroatoms. The third-order valence-corrected chi connectivity index (χ3v) is 7.14. The van der Waals surface area contributed by atoms with Crippen molar-refractivity contribution in [2.24, 2.45) is 0 Å². The van der Waals surface area contributed by atoms with Gasteiger partial charge < -0.3 is 15.1 Å². The van der Waals surface area contributed by atoms with Crippen LogP contribution < -0.4 is 0 Å². The Hall–Kier alpha value is -2.35. The van der Waals surface area contributed by atoms with Crippen LogP contribution in [-0.2, 0) is 15.3 Å². The van der Waals surface area contributed by atoms with E-state index in [1.54, 1.807) is 11.1 Å². The van der Waals surface area contributed by atoms with Crippen LogP contribution in [0.2, 0.25) is 0 Å². The van der Waals surface area contributed by atoms with Gasteiger partial charge in [0.1, 0.15) is 0 Å². The first-order chi connectivity index (χ1) is 14.0. The Labute approximate surface area is 178 Å². The number of fused-ring (bicyclic) bond motifs is 2. The van der Waals surface area contributed by atoms with Crippen LogP contribution in [0.25, 0.3) is 5.57 Å². The zero-order chi connectivity index (χ0) is 20.8. The number of hydrogen-bond acceptors (Lipinski definition) is 5. The summed E-state index contributed by atoms with van der Waals surface area (Å²) in [6.07, 6.45) is 3.53. The molecule has 2 aromatic rings. The van der Waals surface area contributed by atoms with Gasteiger partial charge in [-0.15, -0.1) is 23.1 Å². The largest absolute Gasteiger partial charge is 0.478 e. The summed E-state index contributed by atoms with van der Waals surface area (Å²) in [6.45, 7) is 2.38. The van der Waals surface area contributed by atoms with Gasteiger partial charge in [-0.25, -0.2) is 9.59 Å². The maximum atomic E-state index is 9.55. The number of aliphatic carboxylic acids is 2. The minimum Gasteiger partial charge on any atom is -0.478 e. The first-order valence-corrected chi connectivity index (χ1v) is 11.2. The second-order valence-electron chi connectivity index (χ2n) is 6.86. The van der Waals surface area contributed by atoms with E-state index in [0.29, 0.717) is 12.2 Å². The van der Waals surface area contributed by atoms with E-state index < -0.39 is 11.9 Å². The van der Waals surface area contributed by atoms with Gasteiger partial charge in [0, 0.05) is 36.6 Å². The van der Waals surface area contributed by atoms with Crippen molar-refractivity contribution in [3.05, 3.63) is 70.1 Å². The van der Waals surface area contributed by atoms with Crippen molar-refractivity contribution in [1.29, 1.82) is 0 Å². The molecule has 0 aliphatic carbocycles. The van der Waals surface area contributed by atoms with E-state index >= 15 is 0 Å². The summed E-state index contributed by atoms with van der Waals surface area (Å²) in [4.78, 5) is 21.5. The molecule has 29 heavy (non-hydrogen) atoms. The molecule has 1 fully saturated rings.